The van der Waals surface area contributed by atoms with Gasteiger partial charge in [0.25, 0.3) is 5.91 Å². The maximum atomic E-state index is 11.8. The third-order valence-electron chi connectivity index (χ3n) is 3.79. The molecule has 1 aromatic rings. The van der Waals surface area contributed by atoms with E-state index >= 15 is 0 Å². The molecule has 1 aromatic carbocycles. The van der Waals surface area contributed by atoms with Gasteiger partial charge in [0.05, 0.1) is 0 Å². The molecular formula is C15H21NO2. The predicted molar refractivity (Wildman–Crippen MR) is 71.8 cm³/mol. The molecule has 98 valence electrons. The summed E-state index contributed by atoms with van der Waals surface area (Å²) in [4.78, 5) is 11.8. The van der Waals surface area contributed by atoms with E-state index in [2.05, 4.69) is 5.32 Å². The van der Waals surface area contributed by atoms with Crippen molar-refractivity contribution < 1.29 is 9.90 Å². The van der Waals surface area contributed by atoms with E-state index in [1.54, 1.807) is 25.2 Å². The fourth-order valence-corrected chi connectivity index (χ4v) is 2.81. The molecule has 0 unspecified atom stereocenters. The van der Waals surface area contributed by atoms with Gasteiger partial charge in [-0.25, -0.2) is 0 Å². The van der Waals surface area contributed by atoms with E-state index in [0.717, 1.165) is 12.0 Å². The molecule has 1 aliphatic carbocycles. The van der Waals surface area contributed by atoms with Gasteiger partial charge in [-0.05, 0) is 36.1 Å². The second kappa shape index (κ2) is 5.89. The Labute approximate surface area is 108 Å². The maximum Gasteiger partial charge on any atom is 0.251 e. The minimum atomic E-state index is -0.0687. The van der Waals surface area contributed by atoms with Gasteiger partial charge >= 0.3 is 0 Å². The third-order valence-corrected chi connectivity index (χ3v) is 3.79. The lowest BCUT2D eigenvalue weighted by molar-refractivity contribution is 0.0962. The minimum Gasteiger partial charge on any atom is -0.508 e. The molecule has 0 radical (unpaired) electrons. The number of carbonyl (C=O) groups is 1. The molecule has 2 rings (SSSR count). The van der Waals surface area contributed by atoms with E-state index in [0.29, 0.717) is 11.5 Å². The molecule has 0 aromatic heterocycles. The van der Waals surface area contributed by atoms with Crippen LogP contribution >= 0.6 is 0 Å². The van der Waals surface area contributed by atoms with Crippen LogP contribution in [0.15, 0.2) is 18.2 Å². The van der Waals surface area contributed by atoms with Crippen LogP contribution in [0.4, 0.5) is 0 Å². The Bertz CT molecular complexity index is 423. The second-order valence-electron chi connectivity index (χ2n) is 5.13. The lowest BCUT2D eigenvalue weighted by atomic mass is 9.83. The van der Waals surface area contributed by atoms with Gasteiger partial charge in [-0.15, -0.1) is 0 Å². The predicted octanol–water partition coefficient (Wildman–Crippen LogP) is 2.87. The average molecular weight is 247 g/mol. The van der Waals surface area contributed by atoms with Crippen LogP contribution in [0.3, 0.4) is 0 Å². The van der Waals surface area contributed by atoms with Crippen molar-refractivity contribution in [1.82, 2.24) is 5.32 Å². The quantitative estimate of drug-likeness (QED) is 0.863. The van der Waals surface area contributed by atoms with Crippen LogP contribution in [0.1, 0.15) is 48.0 Å². The summed E-state index contributed by atoms with van der Waals surface area (Å²) in [5, 5.41) is 12.2. The fourth-order valence-electron chi connectivity index (χ4n) is 2.81. The summed E-state index contributed by atoms with van der Waals surface area (Å²) < 4.78 is 0. The largest absolute Gasteiger partial charge is 0.508 e. The first kappa shape index (κ1) is 12.9. The molecule has 1 saturated carbocycles. The van der Waals surface area contributed by atoms with Crippen molar-refractivity contribution in [3.63, 3.8) is 0 Å². The summed E-state index contributed by atoms with van der Waals surface area (Å²) in [5.74, 6) is 0.832. The van der Waals surface area contributed by atoms with E-state index in [9.17, 15) is 9.90 Å². The first-order valence-electron chi connectivity index (χ1n) is 6.74. The normalized spacial score (nSPS) is 16.5. The zero-order valence-electron chi connectivity index (χ0n) is 10.9. The molecule has 3 heteroatoms. The molecule has 3 nitrogen and oxygen atoms in total. The van der Waals surface area contributed by atoms with E-state index in [-0.39, 0.29) is 11.7 Å². The lowest BCUT2D eigenvalue weighted by Gasteiger charge is -2.22. The molecule has 0 heterocycles. The molecule has 1 amide bonds. The van der Waals surface area contributed by atoms with Crippen LogP contribution in [0.25, 0.3) is 0 Å². The second-order valence-corrected chi connectivity index (χ2v) is 5.13. The molecule has 0 spiro atoms. The summed E-state index contributed by atoms with van der Waals surface area (Å²) >= 11 is 0. The molecule has 0 saturated heterocycles. The lowest BCUT2D eigenvalue weighted by Crippen LogP contribution is -2.20. The number of phenolic OH excluding ortho intramolecular Hbond substituents is 1. The summed E-state index contributed by atoms with van der Waals surface area (Å²) in [6, 6.07) is 5.03. The monoisotopic (exact) mass is 247 g/mol. The topological polar surface area (TPSA) is 49.3 Å². The first-order chi connectivity index (χ1) is 8.70. The number of hydrogen-bond donors (Lipinski definition) is 2. The van der Waals surface area contributed by atoms with E-state index in [4.69, 9.17) is 0 Å². The number of phenols is 1. The van der Waals surface area contributed by atoms with Crippen molar-refractivity contribution in [1.29, 1.82) is 0 Å². The molecule has 18 heavy (non-hydrogen) atoms. The van der Waals surface area contributed by atoms with Crippen LogP contribution < -0.4 is 5.32 Å². The van der Waals surface area contributed by atoms with Crippen LogP contribution in [-0.2, 0) is 6.42 Å². The van der Waals surface area contributed by atoms with Crippen molar-refractivity contribution in [2.24, 2.45) is 5.92 Å². The summed E-state index contributed by atoms with van der Waals surface area (Å²) in [7, 11) is 1.64. The molecular weight excluding hydrogens is 226 g/mol. The van der Waals surface area contributed by atoms with Crippen LogP contribution in [-0.4, -0.2) is 18.1 Å². The highest BCUT2D eigenvalue weighted by atomic mass is 16.3. The molecule has 0 atom stereocenters. The van der Waals surface area contributed by atoms with Gasteiger partial charge in [-0.2, -0.15) is 0 Å². The van der Waals surface area contributed by atoms with Crippen molar-refractivity contribution in [3.8, 4) is 5.75 Å². The van der Waals surface area contributed by atoms with Crippen LogP contribution in [0.5, 0.6) is 5.75 Å². The smallest absolute Gasteiger partial charge is 0.251 e. The molecule has 0 aliphatic heterocycles. The number of hydrogen-bond acceptors (Lipinski definition) is 2. The standard InChI is InChI=1S/C15H21NO2/c1-16-15(18)14-8-7-13(17)10-12(14)9-11-5-3-2-4-6-11/h7-8,10-11,17H,2-6,9H2,1H3,(H,16,18). The Balaban J connectivity index is 2.18. The van der Waals surface area contributed by atoms with Crippen molar-refractivity contribution in [3.05, 3.63) is 29.3 Å². The molecule has 2 N–H and O–H groups in total. The summed E-state index contributed by atoms with van der Waals surface area (Å²) in [6.07, 6.45) is 7.29. The van der Waals surface area contributed by atoms with E-state index in [1.165, 1.54) is 32.1 Å². The number of aromatic hydroxyl groups is 1. The first-order valence-corrected chi connectivity index (χ1v) is 6.74. The van der Waals surface area contributed by atoms with Gasteiger partial charge in [-0.1, -0.05) is 32.1 Å². The average Bonchev–Trinajstić information content (AvgIpc) is 2.39. The van der Waals surface area contributed by atoms with Crippen LogP contribution in [0, 0.1) is 5.92 Å². The molecule has 0 bridgehead atoms. The Morgan fingerprint density at radius 3 is 2.72 bits per heavy atom. The van der Waals surface area contributed by atoms with Crippen molar-refractivity contribution in [2.45, 2.75) is 38.5 Å². The minimum absolute atomic E-state index is 0.0687. The number of rotatable bonds is 3. The van der Waals surface area contributed by atoms with Gasteiger partial charge in [0.2, 0.25) is 0 Å². The Morgan fingerprint density at radius 1 is 1.33 bits per heavy atom. The maximum absolute atomic E-state index is 11.8. The SMILES string of the molecule is CNC(=O)c1ccc(O)cc1CC1CCCCC1. The Hall–Kier alpha value is -1.51. The third kappa shape index (κ3) is 3.03. The van der Waals surface area contributed by atoms with Crippen LogP contribution in [0.2, 0.25) is 0 Å². The Morgan fingerprint density at radius 2 is 2.06 bits per heavy atom. The Kier molecular flexibility index (Phi) is 4.24. The highest BCUT2D eigenvalue weighted by Gasteiger charge is 2.18. The van der Waals surface area contributed by atoms with Crippen molar-refractivity contribution >= 4 is 5.91 Å². The molecule has 1 fully saturated rings. The van der Waals surface area contributed by atoms with Gasteiger partial charge in [0.1, 0.15) is 5.75 Å². The highest BCUT2D eigenvalue weighted by Crippen LogP contribution is 2.29. The van der Waals surface area contributed by atoms with Crippen molar-refractivity contribution in [2.75, 3.05) is 7.05 Å². The van der Waals surface area contributed by atoms with E-state index < -0.39 is 0 Å². The van der Waals surface area contributed by atoms with Gasteiger partial charge in [0, 0.05) is 12.6 Å². The van der Waals surface area contributed by atoms with Gasteiger partial charge < -0.3 is 10.4 Å². The summed E-state index contributed by atoms with van der Waals surface area (Å²) in [5.41, 5.74) is 1.67. The highest BCUT2D eigenvalue weighted by molar-refractivity contribution is 5.95. The zero-order valence-corrected chi connectivity index (χ0v) is 10.9. The number of benzene rings is 1. The summed E-state index contributed by atoms with van der Waals surface area (Å²) in [6.45, 7) is 0. The molecule has 1 aliphatic rings. The van der Waals surface area contributed by atoms with Gasteiger partial charge in [-0.3, -0.25) is 4.79 Å². The number of nitrogens with one attached hydrogen (secondary N) is 1. The number of amides is 1. The number of carbonyl (C=O) groups excluding carboxylic acids is 1. The fraction of sp³-hybridized carbons (Fsp3) is 0.533. The zero-order chi connectivity index (χ0) is 13.0. The van der Waals surface area contributed by atoms with E-state index in [1.807, 2.05) is 0 Å². The van der Waals surface area contributed by atoms with Gasteiger partial charge in [0.15, 0.2) is 0 Å².